The van der Waals surface area contributed by atoms with Crippen molar-refractivity contribution >= 4 is 0 Å². The third-order valence-electron chi connectivity index (χ3n) is 3.34. The summed E-state index contributed by atoms with van der Waals surface area (Å²) in [5.74, 6) is 3.39. The molecule has 16 heavy (non-hydrogen) atoms. The molecule has 0 saturated carbocycles. The van der Waals surface area contributed by atoms with Gasteiger partial charge in [-0.15, -0.1) is 0 Å². The van der Waals surface area contributed by atoms with E-state index in [2.05, 4.69) is 52.1 Å². The second kappa shape index (κ2) is 6.09. The average Bonchev–Trinajstić information content (AvgIpc) is 2.73. The van der Waals surface area contributed by atoms with Gasteiger partial charge in [0.15, 0.2) is 0 Å². The van der Waals surface area contributed by atoms with Crippen molar-refractivity contribution in [2.75, 3.05) is 6.54 Å². The predicted octanol–water partition coefficient (Wildman–Crippen LogP) is 3.78. The van der Waals surface area contributed by atoms with Gasteiger partial charge in [0.2, 0.25) is 0 Å². The average molecular weight is 223 g/mol. The van der Waals surface area contributed by atoms with E-state index in [9.17, 15) is 0 Å². The van der Waals surface area contributed by atoms with Crippen molar-refractivity contribution in [1.29, 1.82) is 0 Å². The number of hydrogen-bond acceptors (Lipinski definition) is 2. The molecule has 0 radical (unpaired) electrons. The van der Waals surface area contributed by atoms with Gasteiger partial charge in [-0.3, -0.25) is 0 Å². The molecule has 0 aromatic carbocycles. The van der Waals surface area contributed by atoms with Crippen molar-refractivity contribution in [2.45, 2.75) is 47.1 Å². The zero-order chi connectivity index (χ0) is 12.1. The first kappa shape index (κ1) is 13.3. The molecule has 0 amide bonds. The molecule has 2 nitrogen and oxygen atoms in total. The summed E-state index contributed by atoms with van der Waals surface area (Å²) in [4.78, 5) is 0. The highest BCUT2D eigenvalue weighted by molar-refractivity contribution is 5.11. The van der Waals surface area contributed by atoms with Crippen molar-refractivity contribution in [1.82, 2.24) is 5.32 Å². The van der Waals surface area contributed by atoms with Crippen LogP contribution in [0.25, 0.3) is 0 Å². The van der Waals surface area contributed by atoms with Gasteiger partial charge in [0, 0.05) is 6.42 Å². The Morgan fingerprint density at radius 3 is 2.31 bits per heavy atom. The maximum Gasteiger partial charge on any atom is 0.121 e. The van der Waals surface area contributed by atoms with Gasteiger partial charge in [0.25, 0.3) is 0 Å². The summed E-state index contributed by atoms with van der Waals surface area (Å²) in [5, 5.41) is 3.52. The first-order valence-electron chi connectivity index (χ1n) is 6.42. The standard InChI is InChI=1S/C14H25NO/c1-6-12-8-9-13(16-12)14(15-7-2)11(5)10(3)4/h8-11,14-15H,6-7H2,1-5H3. The molecule has 1 aromatic heterocycles. The van der Waals surface area contributed by atoms with Crippen LogP contribution >= 0.6 is 0 Å². The molecule has 0 bridgehead atoms. The van der Waals surface area contributed by atoms with E-state index in [1.165, 1.54) is 0 Å². The third-order valence-corrected chi connectivity index (χ3v) is 3.34. The normalized spacial score (nSPS) is 15.4. The van der Waals surface area contributed by atoms with Crippen LogP contribution in [0.1, 0.15) is 52.2 Å². The fourth-order valence-electron chi connectivity index (χ4n) is 1.90. The van der Waals surface area contributed by atoms with Crippen molar-refractivity contribution in [2.24, 2.45) is 11.8 Å². The molecule has 92 valence electrons. The highest BCUT2D eigenvalue weighted by atomic mass is 16.3. The number of hydrogen-bond donors (Lipinski definition) is 1. The molecule has 1 aromatic rings. The summed E-state index contributed by atoms with van der Waals surface area (Å²) in [6, 6.07) is 4.54. The van der Waals surface area contributed by atoms with Crippen LogP contribution in [0.15, 0.2) is 16.5 Å². The SMILES string of the molecule is CCNC(c1ccc(CC)o1)C(C)C(C)C. The maximum absolute atomic E-state index is 5.86. The van der Waals surface area contributed by atoms with Crippen LogP contribution < -0.4 is 5.32 Å². The van der Waals surface area contributed by atoms with Gasteiger partial charge in [-0.2, -0.15) is 0 Å². The van der Waals surface area contributed by atoms with Crippen LogP contribution in [0.4, 0.5) is 0 Å². The van der Waals surface area contributed by atoms with Crippen LogP contribution in [0.2, 0.25) is 0 Å². The predicted molar refractivity (Wildman–Crippen MR) is 68.5 cm³/mol. The molecule has 0 spiro atoms. The van der Waals surface area contributed by atoms with Gasteiger partial charge in [-0.05, 0) is 30.5 Å². The van der Waals surface area contributed by atoms with Crippen molar-refractivity contribution in [3.8, 4) is 0 Å². The zero-order valence-electron chi connectivity index (χ0n) is 11.2. The lowest BCUT2D eigenvalue weighted by molar-refractivity contribution is 0.266. The summed E-state index contributed by atoms with van der Waals surface area (Å²) in [6.07, 6.45) is 0.967. The quantitative estimate of drug-likeness (QED) is 0.794. The van der Waals surface area contributed by atoms with Gasteiger partial charge in [0.05, 0.1) is 6.04 Å². The van der Waals surface area contributed by atoms with E-state index >= 15 is 0 Å². The molecule has 1 rings (SSSR count). The third kappa shape index (κ3) is 3.11. The second-order valence-electron chi connectivity index (χ2n) is 4.80. The van der Waals surface area contributed by atoms with E-state index in [1.807, 2.05) is 0 Å². The van der Waals surface area contributed by atoms with Crippen molar-refractivity contribution < 1.29 is 4.42 Å². The van der Waals surface area contributed by atoms with Crippen LogP contribution in [0.5, 0.6) is 0 Å². The molecular formula is C14H25NO. The number of furan rings is 1. The lowest BCUT2D eigenvalue weighted by Crippen LogP contribution is -2.29. The Bertz CT molecular complexity index is 303. The van der Waals surface area contributed by atoms with Crippen LogP contribution in [-0.2, 0) is 6.42 Å². The fraction of sp³-hybridized carbons (Fsp3) is 0.714. The Labute approximate surface area is 99.4 Å². The van der Waals surface area contributed by atoms with Crippen molar-refractivity contribution in [3.05, 3.63) is 23.7 Å². The van der Waals surface area contributed by atoms with Gasteiger partial charge in [-0.1, -0.05) is 34.6 Å². The molecule has 0 aliphatic rings. The highest BCUT2D eigenvalue weighted by Crippen LogP contribution is 2.29. The van der Waals surface area contributed by atoms with E-state index in [0.29, 0.717) is 17.9 Å². The maximum atomic E-state index is 5.86. The summed E-state index contributed by atoms with van der Waals surface area (Å²) < 4.78 is 5.86. The first-order chi connectivity index (χ1) is 7.60. The Balaban J connectivity index is 2.83. The zero-order valence-corrected chi connectivity index (χ0v) is 11.2. The van der Waals surface area contributed by atoms with E-state index in [0.717, 1.165) is 24.5 Å². The molecule has 2 atom stereocenters. The first-order valence-corrected chi connectivity index (χ1v) is 6.42. The van der Waals surface area contributed by atoms with Crippen LogP contribution in [0.3, 0.4) is 0 Å². The van der Waals surface area contributed by atoms with Gasteiger partial charge >= 0.3 is 0 Å². The monoisotopic (exact) mass is 223 g/mol. The Kier molecular flexibility index (Phi) is 5.07. The molecule has 0 aliphatic heterocycles. The van der Waals surface area contributed by atoms with Crippen LogP contribution in [0, 0.1) is 11.8 Å². The van der Waals surface area contributed by atoms with E-state index < -0.39 is 0 Å². The molecule has 2 heteroatoms. The summed E-state index contributed by atoms with van der Waals surface area (Å²) >= 11 is 0. The minimum Gasteiger partial charge on any atom is -0.464 e. The lowest BCUT2D eigenvalue weighted by atomic mass is 9.89. The van der Waals surface area contributed by atoms with E-state index in [4.69, 9.17) is 4.42 Å². The Morgan fingerprint density at radius 1 is 1.19 bits per heavy atom. The smallest absolute Gasteiger partial charge is 0.121 e. The summed E-state index contributed by atoms with van der Waals surface area (Å²) in [7, 11) is 0. The van der Waals surface area contributed by atoms with E-state index in [1.54, 1.807) is 0 Å². The van der Waals surface area contributed by atoms with E-state index in [-0.39, 0.29) is 0 Å². The van der Waals surface area contributed by atoms with Crippen LogP contribution in [-0.4, -0.2) is 6.54 Å². The molecule has 1 N–H and O–H groups in total. The Hall–Kier alpha value is -0.760. The fourth-order valence-corrected chi connectivity index (χ4v) is 1.90. The number of rotatable bonds is 6. The van der Waals surface area contributed by atoms with Gasteiger partial charge in [-0.25, -0.2) is 0 Å². The molecule has 0 aliphatic carbocycles. The number of nitrogens with one attached hydrogen (secondary N) is 1. The number of aryl methyl sites for hydroxylation is 1. The topological polar surface area (TPSA) is 25.2 Å². The molecule has 2 unspecified atom stereocenters. The minimum absolute atomic E-state index is 0.338. The minimum atomic E-state index is 0.338. The van der Waals surface area contributed by atoms with Gasteiger partial charge < -0.3 is 9.73 Å². The summed E-state index contributed by atoms with van der Waals surface area (Å²) in [5.41, 5.74) is 0. The molecule has 0 fully saturated rings. The van der Waals surface area contributed by atoms with Gasteiger partial charge in [0.1, 0.15) is 11.5 Å². The second-order valence-corrected chi connectivity index (χ2v) is 4.80. The lowest BCUT2D eigenvalue weighted by Gasteiger charge is -2.26. The molecule has 1 heterocycles. The summed E-state index contributed by atoms with van der Waals surface area (Å²) in [6.45, 7) is 12.0. The van der Waals surface area contributed by atoms with Crippen molar-refractivity contribution in [3.63, 3.8) is 0 Å². The highest BCUT2D eigenvalue weighted by Gasteiger charge is 2.23. The largest absolute Gasteiger partial charge is 0.464 e. The molecule has 0 saturated heterocycles. The molecular weight excluding hydrogens is 198 g/mol. The Morgan fingerprint density at radius 2 is 1.88 bits per heavy atom.